The highest BCUT2D eigenvalue weighted by Gasteiger charge is 2.39. The molecule has 0 N–H and O–H groups in total. The van der Waals surface area contributed by atoms with Crippen LogP contribution in [0.4, 0.5) is 0 Å². The molecule has 1 aliphatic rings. The minimum absolute atomic E-state index is 0.275. The second kappa shape index (κ2) is 4.84. The molecule has 2 heterocycles. The van der Waals surface area contributed by atoms with Crippen molar-refractivity contribution in [3.05, 3.63) is 20.8 Å². The average Bonchev–Trinajstić information content (AvgIpc) is 2.57. The van der Waals surface area contributed by atoms with Gasteiger partial charge < -0.3 is 4.74 Å². The third-order valence-electron chi connectivity index (χ3n) is 2.62. The monoisotopic (exact) mass is 300 g/mol. The lowest BCUT2D eigenvalue weighted by atomic mass is 9.87. The smallest absolute Gasteiger partial charge is 0.116 e. The number of rotatable bonds is 4. The Kier molecular flexibility index (Phi) is 3.65. The summed E-state index contributed by atoms with van der Waals surface area (Å²) in [5.74, 6) is 0. The van der Waals surface area contributed by atoms with Crippen LogP contribution >= 0.6 is 27.3 Å². The molecule has 1 aliphatic heterocycles. The van der Waals surface area contributed by atoms with Crippen molar-refractivity contribution in [2.45, 2.75) is 6.54 Å². The van der Waals surface area contributed by atoms with Crippen LogP contribution in [0.1, 0.15) is 4.88 Å². The number of hydrogen-bond donors (Lipinski definition) is 0. The summed E-state index contributed by atoms with van der Waals surface area (Å²) in [6, 6.07) is 6.53. The summed E-state index contributed by atoms with van der Waals surface area (Å²) in [7, 11) is 2.05. The van der Waals surface area contributed by atoms with Crippen molar-refractivity contribution < 1.29 is 4.74 Å². The van der Waals surface area contributed by atoms with Crippen LogP contribution in [0.3, 0.4) is 0 Å². The molecule has 3 nitrogen and oxygen atoms in total. The molecule has 0 atom stereocenters. The molecule has 0 amide bonds. The molecule has 0 bridgehead atoms. The molecule has 1 saturated heterocycles. The molecule has 0 unspecified atom stereocenters. The van der Waals surface area contributed by atoms with Gasteiger partial charge in [-0.2, -0.15) is 5.26 Å². The number of halogens is 1. The van der Waals surface area contributed by atoms with Crippen LogP contribution < -0.4 is 0 Å². The molecule has 0 aromatic carbocycles. The maximum Gasteiger partial charge on any atom is 0.116 e. The second-order valence-corrected chi connectivity index (χ2v) is 6.81. The zero-order valence-electron chi connectivity index (χ0n) is 9.07. The SMILES string of the molecule is CN(Cc1ccc(Br)s1)CC1(C#N)COC1. The third-order valence-corrected chi connectivity index (χ3v) is 4.23. The summed E-state index contributed by atoms with van der Waals surface area (Å²) in [4.78, 5) is 3.49. The van der Waals surface area contributed by atoms with Crippen LogP contribution in [0.5, 0.6) is 0 Å². The average molecular weight is 301 g/mol. The van der Waals surface area contributed by atoms with Gasteiger partial charge in [0, 0.05) is 18.0 Å². The standard InChI is InChI=1S/C11H13BrN2OS/c1-14(4-9-2-3-10(12)16-9)6-11(5-13)7-15-8-11/h2-3H,4,6-8H2,1H3. The number of thiophene rings is 1. The van der Waals surface area contributed by atoms with Gasteiger partial charge in [-0.05, 0) is 35.1 Å². The molecule has 0 radical (unpaired) electrons. The Balaban J connectivity index is 1.89. The van der Waals surface area contributed by atoms with E-state index in [1.165, 1.54) is 4.88 Å². The Labute approximate surface area is 108 Å². The molecule has 2 rings (SSSR count). The Bertz CT molecular complexity index is 408. The minimum Gasteiger partial charge on any atom is -0.378 e. The van der Waals surface area contributed by atoms with Gasteiger partial charge in [-0.25, -0.2) is 0 Å². The molecule has 5 heteroatoms. The van der Waals surface area contributed by atoms with E-state index < -0.39 is 0 Å². The van der Waals surface area contributed by atoms with Gasteiger partial charge >= 0.3 is 0 Å². The first-order valence-corrected chi connectivity index (χ1v) is 6.66. The summed E-state index contributed by atoms with van der Waals surface area (Å²) in [5.41, 5.74) is -0.275. The Hall–Kier alpha value is -0.410. The number of nitriles is 1. The first-order valence-electron chi connectivity index (χ1n) is 5.05. The van der Waals surface area contributed by atoms with Gasteiger partial charge in [-0.1, -0.05) is 0 Å². The van der Waals surface area contributed by atoms with E-state index in [4.69, 9.17) is 10.00 Å². The number of hydrogen-bond acceptors (Lipinski definition) is 4. The highest BCUT2D eigenvalue weighted by Crippen LogP contribution is 2.29. The van der Waals surface area contributed by atoms with Crippen molar-refractivity contribution in [2.24, 2.45) is 5.41 Å². The van der Waals surface area contributed by atoms with Crippen molar-refractivity contribution in [1.29, 1.82) is 5.26 Å². The zero-order chi connectivity index (χ0) is 11.6. The van der Waals surface area contributed by atoms with Gasteiger partial charge in [-0.15, -0.1) is 11.3 Å². The van der Waals surface area contributed by atoms with E-state index in [1.807, 2.05) is 7.05 Å². The second-order valence-electron chi connectivity index (χ2n) is 4.26. The summed E-state index contributed by atoms with van der Waals surface area (Å²) in [6.07, 6.45) is 0. The first kappa shape index (κ1) is 12.1. The molecule has 1 aromatic heterocycles. The topological polar surface area (TPSA) is 36.3 Å². The molecule has 16 heavy (non-hydrogen) atoms. The maximum absolute atomic E-state index is 9.09. The maximum atomic E-state index is 9.09. The van der Waals surface area contributed by atoms with Crippen LogP contribution in [-0.4, -0.2) is 31.7 Å². The Morgan fingerprint density at radius 3 is 2.81 bits per heavy atom. The van der Waals surface area contributed by atoms with E-state index in [2.05, 4.69) is 39.0 Å². The molecule has 1 aromatic rings. The van der Waals surface area contributed by atoms with Crippen molar-refractivity contribution in [2.75, 3.05) is 26.8 Å². The normalized spacial score (nSPS) is 18.1. The predicted octanol–water partition coefficient (Wildman–Crippen LogP) is 2.48. The lowest BCUT2D eigenvalue weighted by Gasteiger charge is -2.37. The highest BCUT2D eigenvalue weighted by molar-refractivity contribution is 9.11. The summed E-state index contributed by atoms with van der Waals surface area (Å²) in [6.45, 7) is 2.81. The predicted molar refractivity (Wildman–Crippen MR) is 67.2 cm³/mol. The van der Waals surface area contributed by atoms with Gasteiger partial charge in [0.1, 0.15) is 5.41 Å². The quantitative estimate of drug-likeness (QED) is 0.857. The third kappa shape index (κ3) is 2.64. The molecule has 1 fully saturated rings. The molecule has 0 spiro atoms. The molecule has 86 valence electrons. The van der Waals surface area contributed by atoms with Gasteiger partial charge in [0.05, 0.1) is 23.1 Å². The van der Waals surface area contributed by atoms with Crippen LogP contribution in [0, 0.1) is 16.7 Å². The van der Waals surface area contributed by atoms with E-state index in [0.29, 0.717) is 13.2 Å². The fourth-order valence-corrected chi connectivity index (χ4v) is 3.38. The van der Waals surface area contributed by atoms with Gasteiger partial charge in [0.15, 0.2) is 0 Å². The fraction of sp³-hybridized carbons (Fsp3) is 0.545. The van der Waals surface area contributed by atoms with Crippen molar-refractivity contribution in [3.63, 3.8) is 0 Å². The number of nitrogens with zero attached hydrogens (tertiary/aromatic N) is 2. The fourth-order valence-electron chi connectivity index (χ4n) is 1.81. The summed E-state index contributed by atoms with van der Waals surface area (Å²) >= 11 is 5.19. The molecule has 0 aliphatic carbocycles. The van der Waals surface area contributed by atoms with Crippen molar-refractivity contribution in [3.8, 4) is 6.07 Å². The lowest BCUT2D eigenvalue weighted by molar-refractivity contribution is -0.0894. The molecular weight excluding hydrogens is 288 g/mol. The van der Waals surface area contributed by atoms with Crippen LogP contribution in [-0.2, 0) is 11.3 Å². The van der Waals surface area contributed by atoms with Crippen LogP contribution in [0.25, 0.3) is 0 Å². The summed E-state index contributed by atoms with van der Waals surface area (Å²) < 4.78 is 6.28. The molecular formula is C11H13BrN2OS. The zero-order valence-corrected chi connectivity index (χ0v) is 11.5. The van der Waals surface area contributed by atoms with Crippen LogP contribution in [0.2, 0.25) is 0 Å². The first-order chi connectivity index (χ1) is 7.63. The Morgan fingerprint density at radius 2 is 2.38 bits per heavy atom. The highest BCUT2D eigenvalue weighted by atomic mass is 79.9. The van der Waals surface area contributed by atoms with E-state index in [0.717, 1.165) is 16.9 Å². The number of ether oxygens (including phenoxy) is 1. The van der Waals surface area contributed by atoms with Gasteiger partial charge in [-0.3, -0.25) is 4.90 Å². The van der Waals surface area contributed by atoms with Crippen LogP contribution in [0.15, 0.2) is 15.9 Å². The molecule has 0 saturated carbocycles. The largest absolute Gasteiger partial charge is 0.378 e. The van der Waals surface area contributed by atoms with E-state index in [9.17, 15) is 0 Å². The summed E-state index contributed by atoms with van der Waals surface area (Å²) in [5, 5.41) is 9.09. The van der Waals surface area contributed by atoms with Crippen molar-refractivity contribution in [1.82, 2.24) is 4.90 Å². The van der Waals surface area contributed by atoms with E-state index in [-0.39, 0.29) is 5.41 Å². The van der Waals surface area contributed by atoms with Crippen molar-refractivity contribution >= 4 is 27.3 Å². The van der Waals surface area contributed by atoms with E-state index >= 15 is 0 Å². The lowest BCUT2D eigenvalue weighted by Crippen LogP contribution is -2.48. The Morgan fingerprint density at radius 1 is 1.62 bits per heavy atom. The minimum atomic E-state index is -0.275. The van der Waals surface area contributed by atoms with Gasteiger partial charge in [0.25, 0.3) is 0 Å². The van der Waals surface area contributed by atoms with E-state index in [1.54, 1.807) is 11.3 Å². The van der Waals surface area contributed by atoms with Gasteiger partial charge in [0.2, 0.25) is 0 Å².